The number of benzene rings is 1. The fourth-order valence-corrected chi connectivity index (χ4v) is 2.44. The van der Waals surface area contributed by atoms with Crippen molar-refractivity contribution < 1.29 is 23.8 Å². The molecule has 0 aliphatic heterocycles. The van der Waals surface area contributed by atoms with Crippen LogP contribution < -0.4 is 16.2 Å². The van der Waals surface area contributed by atoms with Crippen LogP contribution in [0.1, 0.15) is 38.8 Å². The second-order valence-corrected chi connectivity index (χ2v) is 5.49. The Labute approximate surface area is 153 Å². The molecule has 4 N–H and O–H groups in total. The minimum atomic E-state index is -0.472. The van der Waals surface area contributed by atoms with Crippen molar-refractivity contribution in [1.29, 1.82) is 0 Å². The second kappa shape index (κ2) is 9.50. The third-order valence-corrected chi connectivity index (χ3v) is 3.65. The van der Waals surface area contributed by atoms with Gasteiger partial charge in [-0.1, -0.05) is 0 Å². The van der Waals surface area contributed by atoms with Crippen molar-refractivity contribution in [3.05, 3.63) is 29.3 Å². The molecule has 26 heavy (non-hydrogen) atoms. The zero-order chi connectivity index (χ0) is 19.9. The van der Waals surface area contributed by atoms with Gasteiger partial charge in [0, 0.05) is 23.3 Å². The van der Waals surface area contributed by atoms with Gasteiger partial charge in [-0.25, -0.2) is 9.59 Å². The number of nitrogen functional groups attached to an aromatic ring is 2. The zero-order valence-corrected chi connectivity index (χ0v) is 15.8. The number of nitrogens with two attached hydrogens (primary N) is 2. The average Bonchev–Trinajstić information content (AvgIpc) is 2.55. The molecule has 0 radical (unpaired) electrons. The fraction of sp³-hybridized carbons (Fsp3) is 0.368. The number of hydrogen-bond donors (Lipinski definition) is 2. The van der Waals surface area contributed by atoms with E-state index in [2.05, 4.69) is 0 Å². The number of anilines is 2. The predicted octanol–water partition coefficient (Wildman–Crippen LogP) is 2.79. The maximum Gasteiger partial charge on any atom is 0.331 e. The lowest BCUT2D eigenvalue weighted by molar-refractivity contribution is -0.138. The summed E-state index contributed by atoms with van der Waals surface area (Å²) in [5.74, 6) is -0.660. The highest BCUT2D eigenvalue weighted by Gasteiger charge is 2.18. The summed E-state index contributed by atoms with van der Waals surface area (Å²) in [5.41, 5.74) is 15.2. The van der Waals surface area contributed by atoms with Crippen LogP contribution in [-0.2, 0) is 19.1 Å². The number of ether oxygens (including phenoxy) is 3. The Morgan fingerprint density at radius 2 is 1.31 bits per heavy atom. The number of hydrogen-bond acceptors (Lipinski definition) is 7. The zero-order valence-electron chi connectivity index (χ0n) is 15.8. The van der Waals surface area contributed by atoms with Crippen molar-refractivity contribution in [2.24, 2.45) is 0 Å². The monoisotopic (exact) mass is 362 g/mol. The molecule has 1 rings (SSSR count). The van der Waals surface area contributed by atoms with E-state index in [1.54, 1.807) is 33.8 Å². The summed E-state index contributed by atoms with van der Waals surface area (Å²) in [6.45, 7) is 7.46. The Balaban J connectivity index is 3.51. The maximum atomic E-state index is 11.7. The standard InChI is InChI=1S/C19H26N2O5/c1-6-25-15(22)8-11(3)13-10-14(12(4)9-16(23)26-7-2)18(21)19(24-5)17(13)20/h8-10H,6-7,20-21H2,1-5H3/b11-8+,12-9+. The van der Waals surface area contributed by atoms with E-state index in [4.69, 9.17) is 25.7 Å². The van der Waals surface area contributed by atoms with Crippen molar-refractivity contribution in [2.75, 3.05) is 31.8 Å². The summed E-state index contributed by atoms with van der Waals surface area (Å²) >= 11 is 0. The quantitative estimate of drug-likeness (QED) is 0.435. The first kappa shape index (κ1) is 21.1. The van der Waals surface area contributed by atoms with Gasteiger partial charge >= 0.3 is 11.9 Å². The van der Waals surface area contributed by atoms with E-state index in [1.807, 2.05) is 0 Å². The molecule has 7 heteroatoms. The molecule has 0 aliphatic rings. The molecule has 0 aliphatic carbocycles. The molecule has 7 nitrogen and oxygen atoms in total. The van der Waals surface area contributed by atoms with E-state index in [0.29, 0.717) is 33.6 Å². The molecule has 0 amide bonds. The molecule has 0 spiro atoms. The lowest BCUT2D eigenvalue weighted by Crippen LogP contribution is -2.07. The molecule has 0 atom stereocenters. The van der Waals surface area contributed by atoms with E-state index in [1.165, 1.54) is 19.3 Å². The van der Waals surface area contributed by atoms with Crippen molar-refractivity contribution in [3.63, 3.8) is 0 Å². The molecular weight excluding hydrogens is 336 g/mol. The van der Waals surface area contributed by atoms with Gasteiger partial charge in [-0.2, -0.15) is 0 Å². The number of methoxy groups -OCH3 is 1. The third-order valence-electron chi connectivity index (χ3n) is 3.65. The van der Waals surface area contributed by atoms with Crippen LogP contribution in [-0.4, -0.2) is 32.3 Å². The smallest absolute Gasteiger partial charge is 0.331 e. The van der Waals surface area contributed by atoms with Crippen molar-refractivity contribution in [3.8, 4) is 5.75 Å². The summed E-state index contributed by atoms with van der Waals surface area (Å²) in [5, 5.41) is 0. The number of rotatable bonds is 7. The van der Waals surface area contributed by atoms with E-state index >= 15 is 0 Å². The van der Waals surface area contributed by atoms with Gasteiger partial charge in [0.15, 0.2) is 5.75 Å². The minimum absolute atomic E-state index is 0.274. The summed E-state index contributed by atoms with van der Waals surface area (Å²) in [6.07, 6.45) is 2.69. The van der Waals surface area contributed by atoms with Gasteiger partial charge in [-0.3, -0.25) is 0 Å². The molecule has 1 aromatic rings. The SMILES string of the molecule is CCOC(=O)/C=C(\C)c1cc(/C(C)=C/C(=O)OCC)c(N)c(OC)c1N. The van der Waals surface area contributed by atoms with Crippen LogP contribution in [0.5, 0.6) is 5.75 Å². The van der Waals surface area contributed by atoms with Crippen LogP contribution in [0, 0.1) is 0 Å². The minimum Gasteiger partial charge on any atom is -0.492 e. The number of allylic oxidation sites excluding steroid dienone is 2. The molecule has 0 aromatic heterocycles. The molecule has 0 heterocycles. The third kappa shape index (κ3) is 5.02. The predicted molar refractivity (Wildman–Crippen MR) is 102 cm³/mol. The number of carbonyl (C=O) groups excluding carboxylic acids is 2. The summed E-state index contributed by atoms with van der Waals surface area (Å²) in [6, 6.07) is 1.71. The summed E-state index contributed by atoms with van der Waals surface area (Å²) < 4.78 is 15.2. The first-order valence-electron chi connectivity index (χ1n) is 8.23. The first-order chi connectivity index (χ1) is 12.3. The van der Waals surface area contributed by atoms with E-state index in [0.717, 1.165) is 0 Å². The Morgan fingerprint density at radius 1 is 0.923 bits per heavy atom. The lowest BCUT2D eigenvalue weighted by atomic mass is 9.95. The van der Waals surface area contributed by atoms with Crippen LogP contribution in [0.2, 0.25) is 0 Å². The van der Waals surface area contributed by atoms with Gasteiger partial charge in [-0.05, 0) is 44.9 Å². The molecule has 0 bridgehead atoms. The molecule has 0 unspecified atom stereocenters. The van der Waals surface area contributed by atoms with Gasteiger partial charge in [-0.15, -0.1) is 0 Å². The maximum absolute atomic E-state index is 11.7. The van der Waals surface area contributed by atoms with Crippen LogP contribution >= 0.6 is 0 Å². The van der Waals surface area contributed by atoms with Crippen LogP contribution in [0.4, 0.5) is 11.4 Å². The number of esters is 2. The van der Waals surface area contributed by atoms with Crippen molar-refractivity contribution in [2.45, 2.75) is 27.7 Å². The van der Waals surface area contributed by atoms with Gasteiger partial charge in [0.05, 0.1) is 31.7 Å². The largest absolute Gasteiger partial charge is 0.492 e. The van der Waals surface area contributed by atoms with E-state index in [9.17, 15) is 9.59 Å². The molecule has 0 fully saturated rings. The average molecular weight is 362 g/mol. The molecule has 0 saturated carbocycles. The summed E-state index contributed by atoms with van der Waals surface area (Å²) in [7, 11) is 1.45. The van der Waals surface area contributed by atoms with E-state index < -0.39 is 11.9 Å². The second-order valence-electron chi connectivity index (χ2n) is 5.49. The normalized spacial score (nSPS) is 11.9. The van der Waals surface area contributed by atoms with Gasteiger partial charge in [0.1, 0.15) is 0 Å². The molecular formula is C19H26N2O5. The Bertz CT molecular complexity index is 693. The van der Waals surface area contributed by atoms with Gasteiger partial charge < -0.3 is 25.7 Å². The van der Waals surface area contributed by atoms with E-state index in [-0.39, 0.29) is 19.0 Å². The highest BCUT2D eigenvalue weighted by atomic mass is 16.5. The molecule has 1 aromatic carbocycles. The van der Waals surface area contributed by atoms with Gasteiger partial charge in [0.25, 0.3) is 0 Å². The van der Waals surface area contributed by atoms with Crippen LogP contribution in [0.15, 0.2) is 18.2 Å². The summed E-state index contributed by atoms with van der Waals surface area (Å²) in [4.78, 5) is 23.5. The molecule has 142 valence electrons. The topological polar surface area (TPSA) is 114 Å². The van der Waals surface area contributed by atoms with Crippen molar-refractivity contribution in [1.82, 2.24) is 0 Å². The number of carbonyl (C=O) groups is 2. The Hall–Kier alpha value is -2.96. The van der Waals surface area contributed by atoms with Crippen molar-refractivity contribution >= 4 is 34.5 Å². The highest BCUT2D eigenvalue weighted by molar-refractivity contribution is 5.98. The van der Waals surface area contributed by atoms with Gasteiger partial charge in [0.2, 0.25) is 0 Å². The fourth-order valence-electron chi connectivity index (χ4n) is 2.44. The van der Waals surface area contributed by atoms with Crippen LogP contribution in [0.3, 0.4) is 0 Å². The Kier molecular flexibility index (Phi) is 7.71. The first-order valence-corrected chi connectivity index (χ1v) is 8.23. The Morgan fingerprint density at radius 3 is 1.62 bits per heavy atom. The lowest BCUT2D eigenvalue weighted by Gasteiger charge is -2.17. The highest BCUT2D eigenvalue weighted by Crippen LogP contribution is 2.40. The van der Waals surface area contributed by atoms with Crippen LogP contribution in [0.25, 0.3) is 11.1 Å². The molecule has 0 saturated heterocycles.